The first-order valence-corrected chi connectivity index (χ1v) is 8.63. The SMILES string of the molecule is CCN1C(=O)N(Cc2nnc(-c3ccc(F)c(=O)[nH]3)s2)C2(CC2)C1=O. The van der Waals surface area contributed by atoms with Crippen molar-refractivity contribution in [2.75, 3.05) is 6.54 Å². The minimum atomic E-state index is -0.870. The Bertz CT molecular complexity index is 935. The third-order valence-electron chi connectivity index (χ3n) is 4.51. The summed E-state index contributed by atoms with van der Waals surface area (Å²) in [5.41, 5.74) is -1.19. The monoisotopic (exact) mass is 363 g/mol. The van der Waals surface area contributed by atoms with E-state index in [1.165, 1.54) is 22.3 Å². The zero-order valence-electron chi connectivity index (χ0n) is 13.3. The average Bonchev–Trinajstić information content (AvgIpc) is 3.22. The first-order valence-electron chi connectivity index (χ1n) is 7.81. The van der Waals surface area contributed by atoms with E-state index in [1.807, 2.05) is 0 Å². The van der Waals surface area contributed by atoms with Crippen LogP contribution in [0.25, 0.3) is 10.7 Å². The van der Waals surface area contributed by atoms with Crippen LogP contribution in [0.3, 0.4) is 0 Å². The molecule has 2 fully saturated rings. The van der Waals surface area contributed by atoms with Gasteiger partial charge in [-0.05, 0) is 31.9 Å². The second-order valence-electron chi connectivity index (χ2n) is 6.00. The molecule has 130 valence electrons. The molecule has 1 N–H and O–H groups in total. The van der Waals surface area contributed by atoms with E-state index in [2.05, 4.69) is 15.2 Å². The van der Waals surface area contributed by atoms with E-state index in [1.54, 1.807) is 11.8 Å². The van der Waals surface area contributed by atoms with Gasteiger partial charge in [-0.2, -0.15) is 0 Å². The number of aromatic nitrogens is 3. The van der Waals surface area contributed by atoms with Gasteiger partial charge in [-0.3, -0.25) is 14.5 Å². The largest absolute Gasteiger partial charge is 0.328 e. The molecule has 3 heterocycles. The zero-order chi connectivity index (χ0) is 17.8. The molecule has 3 amide bonds. The van der Waals surface area contributed by atoms with Gasteiger partial charge in [-0.1, -0.05) is 11.3 Å². The molecule has 2 aliphatic rings. The predicted molar refractivity (Wildman–Crippen MR) is 86.2 cm³/mol. The Labute approximate surface area is 145 Å². The number of aromatic amines is 1. The molecule has 0 unspecified atom stereocenters. The first-order chi connectivity index (χ1) is 12.0. The Balaban J connectivity index is 1.59. The second kappa shape index (κ2) is 5.45. The summed E-state index contributed by atoms with van der Waals surface area (Å²) < 4.78 is 13.1. The Morgan fingerprint density at radius 3 is 2.68 bits per heavy atom. The summed E-state index contributed by atoms with van der Waals surface area (Å²) in [6.45, 7) is 2.29. The lowest BCUT2D eigenvalue weighted by Crippen LogP contribution is -2.36. The molecule has 1 aliphatic carbocycles. The highest BCUT2D eigenvalue weighted by molar-refractivity contribution is 7.14. The van der Waals surface area contributed by atoms with E-state index in [9.17, 15) is 18.8 Å². The van der Waals surface area contributed by atoms with Crippen molar-refractivity contribution in [3.05, 3.63) is 33.3 Å². The molecule has 1 spiro atoms. The van der Waals surface area contributed by atoms with Crippen molar-refractivity contribution in [3.8, 4) is 10.7 Å². The minimum absolute atomic E-state index is 0.146. The van der Waals surface area contributed by atoms with E-state index in [-0.39, 0.29) is 18.5 Å². The van der Waals surface area contributed by atoms with Gasteiger partial charge in [0.25, 0.3) is 11.5 Å². The van der Waals surface area contributed by atoms with Crippen molar-refractivity contribution in [1.29, 1.82) is 0 Å². The lowest BCUT2D eigenvalue weighted by molar-refractivity contribution is -0.129. The van der Waals surface area contributed by atoms with Gasteiger partial charge in [-0.25, -0.2) is 9.18 Å². The highest BCUT2D eigenvalue weighted by atomic mass is 32.1. The van der Waals surface area contributed by atoms with Gasteiger partial charge in [-0.15, -0.1) is 10.2 Å². The zero-order valence-corrected chi connectivity index (χ0v) is 14.1. The number of carbonyl (C=O) groups excluding carboxylic acids is 2. The van der Waals surface area contributed by atoms with Crippen molar-refractivity contribution >= 4 is 23.3 Å². The maximum Gasteiger partial charge on any atom is 0.328 e. The number of nitrogens with zero attached hydrogens (tertiary/aromatic N) is 4. The van der Waals surface area contributed by atoms with Crippen LogP contribution < -0.4 is 5.56 Å². The van der Waals surface area contributed by atoms with Crippen LogP contribution in [0.1, 0.15) is 24.8 Å². The van der Waals surface area contributed by atoms with Gasteiger partial charge >= 0.3 is 6.03 Å². The fourth-order valence-corrected chi connectivity index (χ4v) is 3.83. The van der Waals surface area contributed by atoms with Crippen LogP contribution in [0.5, 0.6) is 0 Å². The number of amides is 3. The van der Waals surface area contributed by atoms with Crippen molar-refractivity contribution in [1.82, 2.24) is 25.0 Å². The van der Waals surface area contributed by atoms with Crippen LogP contribution in [-0.4, -0.2) is 49.0 Å². The molecule has 1 saturated carbocycles. The molecule has 10 heteroatoms. The molecule has 25 heavy (non-hydrogen) atoms. The topological polar surface area (TPSA) is 99.3 Å². The molecule has 0 radical (unpaired) electrons. The number of urea groups is 1. The smallest absolute Gasteiger partial charge is 0.317 e. The van der Waals surface area contributed by atoms with Gasteiger partial charge < -0.3 is 9.88 Å². The van der Waals surface area contributed by atoms with Gasteiger partial charge in [0.2, 0.25) is 0 Å². The highest BCUT2D eigenvalue weighted by Crippen LogP contribution is 2.48. The number of halogens is 1. The summed E-state index contributed by atoms with van der Waals surface area (Å²) in [4.78, 5) is 41.4. The molecule has 1 saturated heterocycles. The van der Waals surface area contributed by atoms with Gasteiger partial charge in [0.05, 0.1) is 12.2 Å². The van der Waals surface area contributed by atoms with E-state index >= 15 is 0 Å². The second-order valence-corrected chi connectivity index (χ2v) is 7.06. The highest BCUT2D eigenvalue weighted by Gasteiger charge is 2.64. The molecule has 4 rings (SSSR count). The summed E-state index contributed by atoms with van der Waals surface area (Å²) in [6, 6.07) is 2.17. The molecule has 1 aliphatic heterocycles. The molecule has 2 aromatic rings. The van der Waals surface area contributed by atoms with Crippen molar-refractivity contribution in [3.63, 3.8) is 0 Å². The number of likely N-dealkylation sites (N-methyl/N-ethyl adjacent to an activating group) is 1. The number of imide groups is 1. The Morgan fingerprint density at radius 2 is 2.04 bits per heavy atom. The van der Waals surface area contributed by atoms with Gasteiger partial charge in [0.1, 0.15) is 10.5 Å². The third-order valence-corrected chi connectivity index (χ3v) is 5.45. The fourth-order valence-electron chi connectivity index (χ4n) is 3.02. The molecule has 8 nitrogen and oxygen atoms in total. The van der Waals surface area contributed by atoms with Crippen molar-refractivity contribution in [2.24, 2.45) is 0 Å². The van der Waals surface area contributed by atoms with Crippen molar-refractivity contribution in [2.45, 2.75) is 31.8 Å². The summed E-state index contributed by atoms with van der Waals surface area (Å²) in [5.74, 6) is -1.02. The molecular formula is C15H14FN5O3S. The summed E-state index contributed by atoms with van der Waals surface area (Å²) >= 11 is 1.19. The standard InChI is InChI=1S/C15H14FN5O3S/c1-2-20-13(23)15(5-6-15)21(14(20)24)7-10-18-19-12(25-10)9-4-3-8(16)11(22)17-9/h3-4H,2,5-7H2,1H3,(H,17,22). The number of hydrogen-bond donors (Lipinski definition) is 1. The summed E-state index contributed by atoms with van der Waals surface area (Å²) in [5, 5.41) is 9.00. The lowest BCUT2D eigenvalue weighted by Gasteiger charge is -2.19. The Morgan fingerprint density at radius 1 is 1.28 bits per heavy atom. The average molecular weight is 363 g/mol. The maximum atomic E-state index is 13.1. The maximum absolute atomic E-state index is 13.1. The quantitative estimate of drug-likeness (QED) is 0.827. The number of H-pyrrole nitrogens is 1. The van der Waals surface area contributed by atoms with Crippen LogP contribution in [0.4, 0.5) is 9.18 Å². The van der Waals surface area contributed by atoms with E-state index in [0.29, 0.717) is 35.1 Å². The van der Waals surface area contributed by atoms with E-state index in [4.69, 9.17) is 0 Å². The fraction of sp³-hybridized carbons (Fsp3) is 0.400. The Kier molecular flexibility index (Phi) is 3.46. The molecule has 2 aromatic heterocycles. The normalized spacial score (nSPS) is 18.5. The van der Waals surface area contributed by atoms with Gasteiger partial charge in [0, 0.05) is 6.54 Å². The number of rotatable bonds is 4. The van der Waals surface area contributed by atoms with Crippen LogP contribution >= 0.6 is 11.3 Å². The van der Waals surface area contributed by atoms with Crippen LogP contribution in [-0.2, 0) is 11.3 Å². The predicted octanol–water partition coefficient (Wildman–Crippen LogP) is 1.35. The third kappa shape index (κ3) is 2.36. The molecule has 0 bridgehead atoms. The summed E-state index contributed by atoms with van der Waals surface area (Å²) in [6.07, 6.45) is 1.32. The first kappa shape index (κ1) is 15.9. The minimum Gasteiger partial charge on any atom is -0.317 e. The molecule has 0 atom stereocenters. The van der Waals surface area contributed by atoms with Crippen LogP contribution in [0.2, 0.25) is 0 Å². The number of carbonyl (C=O) groups is 2. The lowest BCUT2D eigenvalue weighted by atomic mass is 10.2. The Hall–Kier alpha value is -2.62. The van der Waals surface area contributed by atoms with Crippen molar-refractivity contribution < 1.29 is 14.0 Å². The number of pyridine rings is 1. The van der Waals surface area contributed by atoms with Gasteiger partial charge in [0.15, 0.2) is 10.8 Å². The number of hydrogen-bond acceptors (Lipinski definition) is 6. The van der Waals surface area contributed by atoms with Crippen LogP contribution in [0.15, 0.2) is 16.9 Å². The summed E-state index contributed by atoms with van der Waals surface area (Å²) in [7, 11) is 0. The molecule has 0 aromatic carbocycles. The van der Waals surface area contributed by atoms with E-state index < -0.39 is 16.9 Å². The van der Waals surface area contributed by atoms with E-state index in [0.717, 1.165) is 6.07 Å². The molecular weight excluding hydrogens is 349 g/mol. The van der Waals surface area contributed by atoms with Crippen LogP contribution in [0, 0.1) is 5.82 Å². The number of nitrogens with one attached hydrogen (secondary N) is 1.